The summed E-state index contributed by atoms with van der Waals surface area (Å²) >= 11 is 0. The molecule has 0 fully saturated rings. The summed E-state index contributed by atoms with van der Waals surface area (Å²) in [7, 11) is 0. The average Bonchev–Trinajstić information content (AvgIpc) is 3.01. The van der Waals surface area contributed by atoms with E-state index in [0.717, 1.165) is 11.1 Å². The second-order valence-electron chi connectivity index (χ2n) is 5.00. The maximum absolute atomic E-state index is 11.9. The van der Waals surface area contributed by atoms with Crippen LogP contribution in [0.2, 0.25) is 0 Å². The van der Waals surface area contributed by atoms with E-state index in [1.807, 2.05) is 42.5 Å². The maximum Gasteiger partial charge on any atom is 0.319 e. The molecular formula is C17H16N4O2. The van der Waals surface area contributed by atoms with E-state index in [9.17, 15) is 4.79 Å². The van der Waals surface area contributed by atoms with Crippen molar-refractivity contribution in [3.63, 3.8) is 0 Å². The number of benzene rings is 2. The van der Waals surface area contributed by atoms with Crippen LogP contribution in [-0.2, 0) is 6.54 Å². The fourth-order valence-electron chi connectivity index (χ4n) is 2.06. The SMILES string of the molecule is Cc1nnc(-c2ccc(NC(=O)NCc3ccccc3)cc2)o1. The maximum atomic E-state index is 11.9. The summed E-state index contributed by atoms with van der Waals surface area (Å²) in [5, 5.41) is 13.3. The van der Waals surface area contributed by atoms with Gasteiger partial charge in [0.15, 0.2) is 0 Å². The lowest BCUT2D eigenvalue weighted by Gasteiger charge is -2.08. The summed E-state index contributed by atoms with van der Waals surface area (Å²) in [5.74, 6) is 0.977. The molecule has 0 atom stereocenters. The van der Waals surface area contributed by atoms with E-state index in [-0.39, 0.29) is 6.03 Å². The van der Waals surface area contributed by atoms with Crippen LogP contribution >= 0.6 is 0 Å². The van der Waals surface area contributed by atoms with Gasteiger partial charge in [0.25, 0.3) is 0 Å². The van der Waals surface area contributed by atoms with Gasteiger partial charge in [0.1, 0.15) is 0 Å². The molecule has 1 heterocycles. The van der Waals surface area contributed by atoms with E-state index in [1.54, 1.807) is 19.1 Å². The van der Waals surface area contributed by atoms with Gasteiger partial charge in [0.05, 0.1) is 0 Å². The third-order valence-electron chi connectivity index (χ3n) is 3.21. The molecule has 1 aromatic heterocycles. The molecular weight excluding hydrogens is 292 g/mol. The quantitative estimate of drug-likeness (QED) is 0.774. The summed E-state index contributed by atoms with van der Waals surface area (Å²) in [6, 6.07) is 16.7. The first-order chi connectivity index (χ1) is 11.2. The molecule has 0 spiro atoms. The molecule has 3 aromatic rings. The van der Waals surface area contributed by atoms with E-state index < -0.39 is 0 Å². The Morgan fingerprint density at radius 2 is 1.78 bits per heavy atom. The number of anilines is 1. The van der Waals surface area contributed by atoms with Crippen molar-refractivity contribution in [2.75, 3.05) is 5.32 Å². The largest absolute Gasteiger partial charge is 0.421 e. The van der Waals surface area contributed by atoms with E-state index in [4.69, 9.17) is 4.42 Å². The first-order valence-electron chi connectivity index (χ1n) is 7.20. The molecule has 3 rings (SSSR count). The lowest BCUT2D eigenvalue weighted by atomic mass is 10.2. The van der Waals surface area contributed by atoms with Crippen molar-refractivity contribution in [3.05, 3.63) is 66.1 Å². The Bertz CT molecular complexity index is 782. The number of urea groups is 1. The Labute approximate surface area is 133 Å². The van der Waals surface area contributed by atoms with Gasteiger partial charge in [-0.05, 0) is 29.8 Å². The molecule has 23 heavy (non-hydrogen) atoms. The lowest BCUT2D eigenvalue weighted by Crippen LogP contribution is -2.28. The van der Waals surface area contributed by atoms with Crippen LogP contribution in [0.1, 0.15) is 11.5 Å². The van der Waals surface area contributed by atoms with E-state index in [1.165, 1.54) is 0 Å². The number of rotatable bonds is 4. The summed E-state index contributed by atoms with van der Waals surface area (Å²) in [5.41, 5.74) is 2.54. The summed E-state index contributed by atoms with van der Waals surface area (Å²) < 4.78 is 5.36. The average molecular weight is 308 g/mol. The van der Waals surface area contributed by atoms with Crippen LogP contribution in [0.4, 0.5) is 10.5 Å². The number of hydrogen-bond donors (Lipinski definition) is 2. The minimum absolute atomic E-state index is 0.254. The number of amides is 2. The molecule has 6 nitrogen and oxygen atoms in total. The summed E-state index contributed by atoms with van der Waals surface area (Å²) in [4.78, 5) is 11.9. The van der Waals surface area contributed by atoms with Crippen LogP contribution in [0, 0.1) is 6.92 Å². The second-order valence-corrected chi connectivity index (χ2v) is 5.00. The molecule has 0 aliphatic carbocycles. The highest BCUT2D eigenvalue weighted by atomic mass is 16.4. The van der Waals surface area contributed by atoms with Crippen molar-refractivity contribution in [2.45, 2.75) is 13.5 Å². The van der Waals surface area contributed by atoms with Crippen LogP contribution in [-0.4, -0.2) is 16.2 Å². The zero-order valence-electron chi connectivity index (χ0n) is 12.6. The molecule has 0 saturated heterocycles. The lowest BCUT2D eigenvalue weighted by molar-refractivity contribution is 0.251. The van der Waals surface area contributed by atoms with Gasteiger partial charge < -0.3 is 15.1 Å². The highest BCUT2D eigenvalue weighted by Gasteiger charge is 2.06. The van der Waals surface area contributed by atoms with Crippen molar-refractivity contribution in [2.24, 2.45) is 0 Å². The molecule has 116 valence electrons. The number of aromatic nitrogens is 2. The molecule has 2 N–H and O–H groups in total. The number of carbonyl (C=O) groups is 1. The van der Waals surface area contributed by atoms with Crippen molar-refractivity contribution in [1.82, 2.24) is 15.5 Å². The predicted octanol–water partition coefficient (Wildman–Crippen LogP) is 3.37. The highest BCUT2D eigenvalue weighted by Crippen LogP contribution is 2.19. The Morgan fingerprint density at radius 1 is 1.04 bits per heavy atom. The minimum atomic E-state index is -0.254. The van der Waals surface area contributed by atoms with Crippen LogP contribution in [0.25, 0.3) is 11.5 Å². The van der Waals surface area contributed by atoms with Crippen molar-refractivity contribution in [3.8, 4) is 11.5 Å². The third-order valence-corrected chi connectivity index (χ3v) is 3.21. The minimum Gasteiger partial charge on any atom is -0.421 e. The smallest absolute Gasteiger partial charge is 0.319 e. The molecule has 2 amide bonds. The Morgan fingerprint density at radius 3 is 2.43 bits per heavy atom. The number of nitrogens with one attached hydrogen (secondary N) is 2. The number of aryl methyl sites for hydroxylation is 1. The van der Waals surface area contributed by atoms with Crippen LogP contribution < -0.4 is 10.6 Å². The fourth-order valence-corrected chi connectivity index (χ4v) is 2.06. The van der Waals surface area contributed by atoms with Gasteiger partial charge in [-0.15, -0.1) is 10.2 Å². The third kappa shape index (κ3) is 3.94. The number of nitrogens with zero attached hydrogens (tertiary/aromatic N) is 2. The second kappa shape index (κ2) is 6.74. The normalized spacial score (nSPS) is 10.3. The van der Waals surface area contributed by atoms with E-state index in [2.05, 4.69) is 20.8 Å². The van der Waals surface area contributed by atoms with Gasteiger partial charge in [0.2, 0.25) is 11.8 Å². The zero-order valence-corrected chi connectivity index (χ0v) is 12.6. The number of hydrogen-bond acceptors (Lipinski definition) is 4. The standard InChI is InChI=1S/C17H16N4O2/c1-12-20-21-16(23-12)14-7-9-15(10-8-14)19-17(22)18-11-13-5-3-2-4-6-13/h2-10H,11H2,1H3,(H2,18,19,22). The van der Waals surface area contributed by atoms with Gasteiger partial charge in [-0.3, -0.25) is 0 Å². The predicted molar refractivity (Wildman–Crippen MR) is 86.8 cm³/mol. The van der Waals surface area contributed by atoms with Gasteiger partial charge in [-0.2, -0.15) is 0 Å². The summed E-state index contributed by atoms with van der Waals surface area (Å²) in [6.07, 6.45) is 0. The van der Waals surface area contributed by atoms with Gasteiger partial charge >= 0.3 is 6.03 Å². The zero-order chi connectivity index (χ0) is 16.1. The fraction of sp³-hybridized carbons (Fsp3) is 0.118. The topological polar surface area (TPSA) is 80.0 Å². The Kier molecular flexibility index (Phi) is 4.33. The molecule has 0 aliphatic heterocycles. The molecule has 0 saturated carbocycles. The molecule has 0 aliphatic rings. The van der Waals surface area contributed by atoms with Crippen LogP contribution in [0.3, 0.4) is 0 Å². The monoisotopic (exact) mass is 308 g/mol. The van der Waals surface area contributed by atoms with Crippen LogP contribution in [0.5, 0.6) is 0 Å². The van der Waals surface area contributed by atoms with E-state index >= 15 is 0 Å². The molecule has 2 aromatic carbocycles. The van der Waals surface area contributed by atoms with Gasteiger partial charge in [0, 0.05) is 24.7 Å². The Hall–Kier alpha value is -3.15. The van der Waals surface area contributed by atoms with Gasteiger partial charge in [-0.25, -0.2) is 4.79 Å². The molecule has 0 unspecified atom stereocenters. The van der Waals surface area contributed by atoms with E-state index in [0.29, 0.717) is 24.0 Å². The number of carbonyl (C=O) groups excluding carboxylic acids is 1. The van der Waals surface area contributed by atoms with Gasteiger partial charge in [-0.1, -0.05) is 30.3 Å². The van der Waals surface area contributed by atoms with Crippen molar-refractivity contribution >= 4 is 11.7 Å². The first-order valence-corrected chi connectivity index (χ1v) is 7.20. The molecule has 0 radical (unpaired) electrons. The highest BCUT2D eigenvalue weighted by molar-refractivity contribution is 5.89. The van der Waals surface area contributed by atoms with Crippen LogP contribution in [0.15, 0.2) is 59.0 Å². The van der Waals surface area contributed by atoms with Crippen molar-refractivity contribution < 1.29 is 9.21 Å². The summed E-state index contributed by atoms with van der Waals surface area (Å²) in [6.45, 7) is 2.22. The Balaban J connectivity index is 1.56. The molecule has 6 heteroatoms. The van der Waals surface area contributed by atoms with Crippen molar-refractivity contribution in [1.29, 1.82) is 0 Å². The first kappa shape index (κ1) is 14.8. The molecule has 0 bridgehead atoms.